The number of nitrogens with one attached hydrogen (secondary N) is 1. The number of carbonyl (C=O) groups is 1. The summed E-state index contributed by atoms with van der Waals surface area (Å²) in [7, 11) is 3.79. The third-order valence-corrected chi connectivity index (χ3v) is 6.01. The van der Waals surface area contributed by atoms with E-state index in [4.69, 9.17) is 4.74 Å². The summed E-state index contributed by atoms with van der Waals surface area (Å²) in [6.07, 6.45) is 2.60. The Morgan fingerprint density at radius 1 is 1.04 bits per heavy atom. The molecule has 0 saturated carbocycles. The molecular weight excluding hydrogens is 336 g/mol. The number of carbonyl (C=O) groups excluding carboxylic acids is 1. The van der Waals surface area contributed by atoms with Crippen LogP contribution in [0.15, 0.2) is 48.5 Å². The van der Waals surface area contributed by atoms with Gasteiger partial charge in [-0.1, -0.05) is 48.5 Å². The van der Waals surface area contributed by atoms with E-state index in [1.54, 1.807) is 7.11 Å². The van der Waals surface area contributed by atoms with E-state index in [2.05, 4.69) is 65.8 Å². The van der Waals surface area contributed by atoms with Crippen molar-refractivity contribution in [3.63, 3.8) is 0 Å². The lowest BCUT2D eigenvalue weighted by Gasteiger charge is -2.23. The molecule has 2 aliphatic rings. The fraction of sp³-hybridized carbons (Fsp3) is 0.435. The van der Waals surface area contributed by atoms with Crippen molar-refractivity contribution in [1.82, 2.24) is 10.2 Å². The number of ether oxygens (including phenoxy) is 1. The van der Waals surface area contributed by atoms with Crippen LogP contribution in [0.25, 0.3) is 0 Å². The maximum Gasteiger partial charge on any atom is 0.221 e. The molecule has 0 radical (unpaired) electrons. The molecular formula is C23H28N2O2. The van der Waals surface area contributed by atoms with Gasteiger partial charge in [-0.2, -0.15) is 0 Å². The molecule has 0 bridgehead atoms. The molecule has 1 saturated heterocycles. The van der Waals surface area contributed by atoms with Crippen LogP contribution in [0.1, 0.15) is 34.6 Å². The largest absolute Gasteiger partial charge is 0.378 e. The first-order valence-corrected chi connectivity index (χ1v) is 9.82. The van der Waals surface area contributed by atoms with Crippen LogP contribution in [0.2, 0.25) is 0 Å². The summed E-state index contributed by atoms with van der Waals surface area (Å²) < 4.78 is 5.56. The lowest BCUT2D eigenvalue weighted by atomic mass is 9.85. The Morgan fingerprint density at radius 2 is 1.63 bits per heavy atom. The maximum absolute atomic E-state index is 13.0. The Hall–Kier alpha value is -2.17. The predicted octanol–water partition coefficient (Wildman–Crippen LogP) is 2.75. The van der Waals surface area contributed by atoms with Crippen LogP contribution < -0.4 is 5.32 Å². The number of likely N-dealkylation sites (N-methyl/N-ethyl adjacent to an activating group) is 1. The van der Waals surface area contributed by atoms with E-state index in [0.29, 0.717) is 6.42 Å². The fourth-order valence-electron chi connectivity index (χ4n) is 4.65. The third kappa shape index (κ3) is 3.78. The molecule has 1 fully saturated rings. The van der Waals surface area contributed by atoms with Crippen molar-refractivity contribution in [2.24, 2.45) is 0 Å². The number of benzene rings is 2. The average Bonchev–Trinajstić information content (AvgIpc) is 2.96. The molecule has 0 aromatic heterocycles. The molecule has 1 N–H and O–H groups in total. The van der Waals surface area contributed by atoms with Gasteiger partial charge in [-0.15, -0.1) is 0 Å². The van der Waals surface area contributed by atoms with Gasteiger partial charge < -0.3 is 15.0 Å². The van der Waals surface area contributed by atoms with Crippen molar-refractivity contribution in [2.75, 3.05) is 27.2 Å². The number of aryl methyl sites for hydroxylation is 2. The summed E-state index contributed by atoms with van der Waals surface area (Å²) in [5.41, 5.74) is 5.32. The summed E-state index contributed by atoms with van der Waals surface area (Å²) in [4.78, 5) is 15.2. The van der Waals surface area contributed by atoms with Crippen molar-refractivity contribution in [1.29, 1.82) is 0 Å². The number of hydrogen-bond acceptors (Lipinski definition) is 3. The first-order chi connectivity index (χ1) is 13.2. The van der Waals surface area contributed by atoms with E-state index < -0.39 is 0 Å². The van der Waals surface area contributed by atoms with Crippen LogP contribution >= 0.6 is 0 Å². The van der Waals surface area contributed by atoms with Crippen molar-refractivity contribution in [2.45, 2.75) is 37.3 Å². The van der Waals surface area contributed by atoms with Gasteiger partial charge in [-0.25, -0.2) is 0 Å². The Morgan fingerprint density at radius 3 is 2.22 bits per heavy atom. The van der Waals surface area contributed by atoms with E-state index in [0.717, 1.165) is 25.9 Å². The van der Waals surface area contributed by atoms with Crippen LogP contribution in [0.4, 0.5) is 0 Å². The molecule has 0 unspecified atom stereocenters. The van der Waals surface area contributed by atoms with Crippen molar-refractivity contribution >= 4 is 5.91 Å². The monoisotopic (exact) mass is 364 g/mol. The molecule has 1 amide bonds. The van der Waals surface area contributed by atoms with Gasteiger partial charge in [0.05, 0.1) is 12.1 Å². The minimum absolute atomic E-state index is 0.0590. The Labute approximate surface area is 161 Å². The second-order valence-corrected chi connectivity index (χ2v) is 7.82. The molecule has 27 heavy (non-hydrogen) atoms. The summed E-state index contributed by atoms with van der Waals surface area (Å²) in [6, 6.07) is 17.2. The minimum atomic E-state index is 0.0590. The Kier molecular flexibility index (Phi) is 5.28. The summed E-state index contributed by atoms with van der Waals surface area (Å²) >= 11 is 0. The van der Waals surface area contributed by atoms with Crippen LogP contribution in [-0.2, 0) is 22.4 Å². The van der Waals surface area contributed by atoms with Crippen LogP contribution in [0, 0.1) is 0 Å². The highest BCUT2D eigenvalue weighted by molar-refractivity contribution is 5.78. The van der Waals surface area contributed by atoms with Crippen molar-refractivity contribution in [3.8, 4) is 0 Å². The number of methoxy groups -OCH3 is 1. The molecule has 4 rings (SSSR count). The quantitative estimate of drug-likeness (QED) is 0.907. The highest BCUT2D eigenvalue weighted by Gasteiger charge is 2.33. The van der Waals surface area contributed by atoms with Crippen molar-refractivity contribution in [3.05, 3.63) is 70.8 Å². The molecule has 2 aromatic rings. The lowest BCUT2D eigenvalue weighted by molar-refractivity contribution is -0.122. The van der Waals surface area contributed by atoms with Gasteiger partial charge in [0.25, 0.3) is 0 Å². The van der Waals surface area contributed by atoms with Crippen LogP contribution in [0.5, 0.6) is 0 Å². The second kappa shape index (κ2) is 7.83. The van der Waals surface area contributed by atoms with Gasteiger partial charge in [0.1, 0.15) is 0 Å². The first kappa shape index (κ1) is 18.2. The number of likely N-dealkylation sites (tertiary alicyclic amines) is 1. The van der Waals surface area contributed by atoms with E-state index in [1.165, 1.54) is 22.3 Å². The topological polar surface area (TPSA) is 41.6 Å². The Balaban J connectivity index is 1.58. The molecule has 1 aliphatic carbocycles. The highest BCUT2D eigenvalue weighted by Crippen LogP contribution is 2.36. The lowest BCUT2D eigenvalue weighted by Crippen LogP contribution is -2.44. The van der Waals surface area contributed by atoms with E-state index in [1.807, 2.05) is 0 Å². The van der Waals surface area contributed by atoms with E-state index in [-0.39, 0.29) is 24.0 Å². The standard InChI is InChI=1S/C23H28N2O2/c1-25-14-21(22(15-25)27-2)24-23(26)13-20-18-9-5-3-7-16(18)11-12-17-8-4-6-10-19(17)20/h3-10,20-22H,11-15H2,1-2H3,(H,24,26)/t21-,22-/m0/s1. The number of nitrogens with zero attached hydrogens (tertiary/aromatic N) is 1. The van der Waals surface area contributed by atoms with Gasteiger partial charge in [0, 0.05) is 32.5 Å². The van der Waals surface area contributed by atoms with Gasteiger partial charge in [0.15, 0.2) is 0 Å². The molecule has 4 nitrogen and oxygen atoms in total. The molecule has 2 aromatic carbocycles. The predicted molar refractivity (Wildman–Crippen MR) is 107 cm³/mol. The summed E-state index contributed by atoms with van der Waals surface area (Å²) in [6.45, 7) is 1.69. The number of hydrogen-bond donors (Lipinski definition) is 1. The average molecular weight is 364 g/mol. The summed E-state index contributed by atoms with van der Waals surface area (Å²) in [5, 5.41) is 3.23. The maximum atomic E-state index is 13.0. The zero-order chi connectivity index (χ0) is 18.8. The molecule has 142 valence electrons. The molecule has 2 atom stereocenters. The van der Waals surface area contributed by atoms with E-state index in [9.17, 15) is 4.79 Å². The number of rotatable bonds is 4. The normalized spacial score (nSPS) is 22.7. The number of amides is 1. The highest BCUT2D eigenvalue weighted by atomic mass is 16.5. The first-order valence-electron chi connectivity index (χ1n) is 9.82. The van der Waals surface area contributed by atoms with Gasteiger partial charge in [-0.05, 0) is 42.1 Å². The Bertz CT molecular complexity index is 772. The second-order valence-electron chi connectivity index (χ2n) is 7.82. The van der Waals surface area contributed by atoms with Crippen molar-refractivity contribution < 1.29 is 9.53 Å². The summed E-state index contributed by atoms with van der Waals surface area (Å²) in [5.74, 6) is 0.217. The fourth-order valence-corrected chi connectivity index (χ4v) is 4.65. The van der Waals surface area contributed by atoms with Gasteiger partial charge in [0.2, 0.25) is 5.91 Å². The molecule has 1 heterocycles. The minimum Gasteiger partial charge on any atom is -0.378 e. The number of fused-ring (bicyclic) bond motifs is 2. The molecule has 1 aliphatic heterocycles. The SMILES string of the molecule is CO[C@H]1CN(C)C[C@@H]1NC(=O)CC1c2ccccc2CCc2ccccc21. The van der Waals surface area contributed by atoms with Crippen LogP contribution in [-0.4, -0.2) is 50.2 Å². The van der Waals surface area contributed by atoms with E-state index >= 15 is 0 Å². The zero-order valence-corrected chi connectivity index (χ0v) is 16.2. The van der Waals surface area contributed by atoms with Gasteiger partial charge >= 0.3 is 0 Å². The molecule has 0 spiro atoms. The smallest absolute Gasteiger partial charge is 0.221 e. The van der Waals surface area contributed by atoms with Gasteiger partial charge in [-0.3, -0.25) is 4.79 Å². The zero-order valence-electron chi connectivity index (χ0n) is 16.2. The van der Waals surface area contributed by atoms with Crippen LogP contribution in [0.3, 0.4) is 0 Å². The molecule has 4 heteroatoms. The third-order valence-electron chi connectivity index (χ3n) is 6.01.